The summed E-state index contributed by atoms with van der Waals surface area (Å²) >= 11 is 0. The van der Waals surface area contributed by atoms with Gasteiger partial charge in [-0.25, -0.2) is 8.42 Å². The summed E-state index contributed by atoms with van der Waals surface area (Å²) in [6.45, 7) is 3.45. The molecule has 2 rings (SSSR count). The van der Waals surface area contributed by atoms with E-state index in [0.717, 1.165) is 24.8 Å². The number of ketones is 1. The van der Waals surface area contributed by atoms with Gasteiger partial charge in [-0.1, -0.05) is 19.9 Å². The predicted octanol–water partition coefficient (Wildman–Crippen LogP) is 2.17. The molecule has 1 aliphatic rings. The number of fused-ring (bicyclic) bond motifs is 1. The van der Waals surface area contributed by atoms with Gasteiger partial charge in [0.15, 0.2) is 15.6 Å². The van der Waals surface area contributed by atoms with Crippen LogP contribution in [0.15, 0.2) is 23.1 Å². The van der Waals surface area contributed by atoms with Gasteiger partial charge in [0, 0.05) is 5.92 Å². The Bertz CT molecular complexity index is 571. The van der Waals surface area contributed by atoms with E-state index >= 15 is 0 Å². The van der Waals surface area contributed by atoms with Gasteiger partial charge in [-0.2, -0.15) is 0 Å². The van der Waals surface area contributed by atoms with Crippen LogP contribution in [0.3, 0.4) is 0 Å². The van der Waals surface area contributed by atoms with Crippen molar-refractivity contribution in [3.8, 4) is 0 Å². The number of rotatable bonds is 4. The fourth-order valence-corrected chi connectivity index (χ4v) is 3.65. The molecule has 3 nitrogen and oxygen atoms in total. The lowest BCUT2D eigenvalue weighted by Gasteiger charge is -2.08. The molecule has 0 radical (unpaired) electrons. The van der Waals surface area contributed by atoms with Gasteiger partial charge in [0.25, 0.3) is 0 Å². The van der Waals surface area contributed by atoms with Gasteiger partial charge in [-0.3, -0.25) is 4.79 Å². The molecule has 0 amide bonds. The van der Waals surface area contributed by atoms with E-state index in [9.17, 15) is 13.2 Å². The van der Waals surface area contributed by atoms with Crippen LogP contribution in [0.25, 0.3) is 0 Å². The highest BCUT2D eigenvalue weighted by Crippen LogP contribution is 2.25. The summed E-state index contributed by atoms with van der Waals surface area (Å²) in [4.78, 5) is 11.9. The molecule has 4 heteroatoms. The molecule has 0 bridgehead atoms. The van der Waals surface area contributed by atoms with Crippen LogP contribution >= 0.6 is 0 Å². The molecular weight excluding hydrogens is 248 g/mol. The Kier molecular flexibility index (Phi) is 3.57. The molecule has 0 fully saturated rings. The lowest BCUT2D eigenvalue weighted by Crippen LogP contribution is -2.20. The fourth-order valence-electron chi connectivity index (χ4n) is 2.18. The van der Waals surface area contributed by atoms with Crippen LogP contribution in [0, 0.1) is 5.92 Å². The number of benzene rings is 1. The standard InChI is InChI=1S/C14H18O3S/c1-10(2)14(15)9-18(16,17)13-7-6-11-4-3-5-12(11)8-13/h6-8,10H,3-5,9H2,1-2H3. The van der Waals surface area contributed by atoms with E-state index in [2.05, 4.69) is 0 Å². The van der Waals surface area contributed by atoms with Gasteiger partial charge in [0.1, 0.15) is 5.75 Å². The first kappa shape index (κ1) is 13.3. The summed E-state index contributed by atoms with van der Waals surface area (Å²) in [6.07, 6.45) is 3.06. The van der Waals surface area contributed by atoms with Crippen molar-refractivity contribution in [3.05, 3.63) is 29.3 Å². The molecule has 1 aromatic carbocycles. The Labute approximate surface area is 108 Å². The van der Waals surface area contributed by atoms with Crippen molar-refractivity contribution in [2.75, 3.05) is 5.75 Å². The molecule has 0 spiro atoms. The third-order valence-corrected chi connectivity index (χ3v) is 5.04. The second-order valence-electron chi connectivity index (χ2n) is 5.16. The maximum absolute atomic E-state index is 12.1. The molecule has 1 aliphatic carbocycles. The average molecular weight is 266 g/mol. The lowest BCUT2D eigenvalue weighted by molar-refractivity contribution is -0.119. The first-order valence-corrected chi connectivity index (χ1v) is 7.92. The molecule has 0 atom stereocenters. The maximum Gasteiger partial charge on any atom is 0.185 e. The summed E-state index contributed by atoms with van der Waals surface area (Å²) < 4.78 is 24.3. The summed E-state index contributed by atoms with van der Waals surface area (Å²) in [5, 5.41) is 0. The topological polar surface area (TPSA) is 51.2 Å². The van der Waals surface area contributed by atoms with Crippen LogP contribution in [-0.4, -0.2) is 20.0 Å². The van der Waals surface area contributed by atoms with Gasteiger partial charge in [-0.15, -0.1) is 0 Å². The minimum atomic E-state index is -3.48. The third kappa shape index (κ3) is 2.64. The van der Waals surface area contributed by atoms with Crippen molar-refractivity contribution < 1.29 is 13.2 Å². The molecule has 0 saturated heterocycles. The van der Waals surface area contributed by atoms with Gasteiger partial charge in [-0.05, 0) is 42.5 Å². The monoisotopic (exact) mass is 266 g/mol. The number of aryl methyl sites for hydroxylation is 2. The molecule has 18 heavy (non-hydrogen) atoms. The summed E-state index contributed by atoms with van der Waals surface area (Å²) in [5.41, 5.74) is 2.36. The zero-order chi connectivity index (χ0) is 13.3. The Morgan fingerprint density at radius 1 is 1.22 bits per heavy atom. The number of Topliss-reactive ketones (excluding diaryl/α,β-unsaturated/α-hetero) is 1. The maximum atomic E-state index is 12.1. The van der Waals surface area contributed by atoms with E-state index in [4.69, 9.17) is 0 Å². The molecule has 0 unspecified atom stereocenters. The van der Waals surface area contributed by atoms with Gasteiger partial charge in [0.05, 0.1) is 4.90 Å². The number of hydrogen-bond donors (Lipinski definition) is 0. The number of sulfone groups is 1. The van der Waals surface area contributed by atoms with Crippen LogP contribution in [0.4, 0.5) is 0 Å². The molecule has 98 valence electrons. The highest BCUT2D eigenvalue weighted by molar-refractivity contribution is 7.92. The van der Waals surface area contributed by atoms with Crippen LogP contribution < -0.4 is 0 Å². The van der Waals surface area contributed by atoms with Crippen molar-refractivity contribution in [2.45, 2.75) is 38.0 Å². The molecular formula is C14H18O3S. The van der Waals surface area contributed by atoms with Crippen molar-refractivity contribution in [2.24, 2.45) is 5.92 Å². The Balaban J connectivity index is 2.28. The number of hydrogen-bond acceptors (Lipinski definition) is 3. The first-order valence-electron chi connectivity index (χ1n) is 6.27. The first-order chi connectivity index (χ1) is 8.40. The molecule has 0 N–H and O–H groups in total. The van der Waals surface area contributed by atoms with Gasteiger partial charge < -0.3 is 0 Å². The van der Waals surface area contributed by atoms with Crippen LogP contribution in [0.5, 0.6) is 0 Å². The zero-order valence-corrected chi connectivity index (χ0v) is 11.6. The van der Waals surface area contributed by atoms with Crippen molar-refractivity contribution in [1.29, 1.82) is 0 Å². The van der Waals surface area contributed by atoms with Crippen LogP contribution in [0.2, 0.25) is 0 Å². The zero-order valence-electron chi connectivity index (χ0n) is 10.8. The highest BCUT2D eigenvalue weighted by atomic mass is 32.2. The van der Waals surface area contributed by atoms with Crippen LogP contribution in [-0.2, 0) is 27.5 Å². The Morgan fingerprint density at radius 2 is 1.89 bits per heavy atom. The number of carbonyl (C=O) groups excluding carboxylic acids is 1. The average Bonchev–Trinajstić information content (AvgIpc) is 2.74. The van der Waals surface area contributed by atoms with E-state index in [1.54, 1.807) is 26.0 Å². The largest absolute Gasteiger partial charge is 0.298 e. The number of carbonyl (C=O) groups is 1. The summed E-state index contributed by atoms with van der Waals surface area (Å²) in [7, 11) is -3.48. The van der Waals surface area contributed by atoms with Crippen molar-refractivity contribution in [1.82, 2.24) is 0 Å². The van der Waals surface area contributed by atoms with E-state index in [-0.39, 0.29) is 22.3 Å². The van der Waals surface area contributed by atoms with Crippen molar-refractivity contribution in [3.63, 3.8) is 0 Å². The van der Waals surface area contributed by atoms with E-state index in [0.29, 0.717) is 0 Å². The van der Waals surface area contributed by atoms with E-state index in [1.165, 1.54) is 5.56 Å². The third-order valence-electron chi connectivity index (χ3n) is 3.41. The predicted molar refractivity (Wildman–Crippen MR) is 70.4 cm³/mol. The van der Waals surface area contributed by atoms with E-state index in [1.807, 2.05) is 6.07 Å². The molecule has 0 aromatic heterocycles. The van der Waals surface area contributed by atoms with Crippen LogP contribution in [0.1, 0.15) is 31.4 Å². The molecule has 0 aliphatic heterocycles. The Morgan fingerprint density at radius 3 is 2.56 bits per heavy atom. The Hall–Kier alpha value is -1.16. The fraction of sp³-hybridized carbons (Fsp3) is 0.500. The minimum Gasteiger partial charge on any atom is -0.298 e. The highest BCUT2D eigenvalue weighted by Gasteiger charge is 2.22. The minimum absolute atomic E-state index is 0.226. The van der Waals surface area contributed by atoms with E-state index < -0.39 is 9.84 Å². The smallest absolute Gasteiger partial charge is 0.185 e. The SMILES string of the molecule is CC(C)C(=O)CS(=O)(=O)c1ccc2c(c1)CCC2. The quantitative estimate of drug-likeness (QED) is 0.839. The second-order valence-corrected chi connectivity index (χ2v) is 7.15. The molecule has 0 heterocycles. The normalized spacial score (nSPS) is 14.8. The van der Waals surface area contributed by atoms with Crippen molar-refractivity contribution >= 4 is 15.6 Å². The summed E-state index contributed by atoms with van der Waals surface area (Å²) in [5.74, 6) is -0.853. The lowest BCUT2D eigenvalue weighted by atomic mass is 10.1. The summed E-state index contributed by atoms with van der Waals surface area (Å²) in [6, 6.07) is 5.26. The molecule has 0 saturated carbocycles. The molecule has 1 aromatic rings. The van der Waals surface area contributed by atoms with Gasteiger partial charge >= 0.3 is 0 Å². The second kappa shape index (κ2) is 4.84. The van der Waals surface area contributed by atoms with Gasteiger partial charge in [0.2, 0.25) is 0 Å².